The van der Waals surface area contributed by atoms with E-state index >= 15 is 0 Å². The number of aryl methyl sites for hydroxylation is 1. The Morgan fingerprint density at radius 1 is 0.609 bits per heavy atom. The van der Waals surface area contributed by atoms with Gasteiger partial charge in [0.2, 0.25) is 0 Å². The summed E-state index contributed by atoms with van der Waals surface area (Å²) >= 11 is 0. The second-order valence-electron chi connectivity index (χ2n) is 6.39. The van der Waals surface area contributed by atoms with Gasteiger partial charge in [-0.2, -0.15) is 0 Å². The van der Waals surface area contributed by atoms with E-state index < -0.39 is 0 Å². The summed E-state index contributed by atoms with van der Waals surface area (Å²) in [5.74, 6) is 0. The molecule has 0 saturated carbocycles. The third-order valence-electron chi connectivity index (χ3n) is 5.19. The predicted molar refractivity (Wildman–Crippen MR) is 97.3 cm³/mol. The van der Waals surface area contributed by atoms with Gasteiger partial charge in [-0.05, 0) is 51.8 Å². The first-order chi connectivity index (χ1) is 11.3. The second-order valence-corrected chi connectivity index (χ2v) is 6.39. The molecule has 0 heterocycles. The summed E-state index contributed by atoms with van der Waals surface area (Å²) in [6, 6.07) is 21.0. The Labute approximate surface area is 134 Å². The van der Waals surface area contributed by atoms with Crippen molar-refractivity contribution < 1.29 is 0 Å². The molecule has 0 aliphatic heterocycles. The molecular formula is C22H16O. The zero-order valence-corrected chi connectivity index (χ0v) is 12.8. The van der Waals surface area contributed by atoms with Gasteiger partial charge in [0.05, 0.1) is 0 Å². The van der Waals surface area contributed by atoms with Crippen LogP contribution in [0.25, 0.3) is 32.3 Å². The Morgan fingerprint density at radius 3 is 2.17 bits per heavy atom. The maximum atomic E-state index is 13.3. The molecule has 1 aliphatic rings. The van der Waals surface area contributed by atoms with E-state index in [0.717, 1.165) is 46.4 Å². The van der Waals surface area contributed by atoms with Gasteiger partial charge in [0.1, 0.15) is 0 Å². The molecule has 0 atom stereocenters. The number of fused-ring (bicyclic) bond motifs is 7. The fourth-order valence-electron chi connectivity index (χ4n) is 4.16. The first-order valence-electron chi connectivity index (χ1n) is 8.23. The molecule has 0 saturated heterocycles. The molecule has 110 valence electrons. The summed E-state index contributed by atoms with van der Waals surface area (Å²) in [6.07, 6.45) is 3.01. The van der Waals surface area contributed by atoms with Gasteiger partial charge in [-0.25, -0.2) is 0 Å². The van der Waals surface area contributed by atoms with Crippen molar-refractivity contribution in [2.24, 2.45) is 0 Å². The lowest BCUT2D eigenvalue weighted by molar-refractivity contribution is 0.911. The highest BCUT2D eigenvalue weighted by Crippen LogP contribution is 2.33. The maximum absolute atomic E-state index is 13.3. The quantitative estimate of drug-likeness (QED) is 0.446. The Morgan fingerprint density at radius 2 is 1.30 bits per heavy atom. The molecular weight excluding hydrogens is 280 g/mol. The lowest BCUT2D eigenvalue weighted by atomic mass is 10.00. The van der Waals surface area contributed by atoms with Crippen LogP contribution < -0.4 is 5.43 Å². The standard InChI is InChI=1S/C22H16O/c23-22-20-11-5-10-18(20)16-8-3-4-9-17(16)19-13-12-14-6-1-2-7-15(14)21(19)22/h1-4,6-9,12-13H,5,10-11H2. The summed E-state index contributed by atoms with van der Waals surface area (Å²) in [4.78, 5) is 13.3. The largest absolute Gasteiger partial charge is 0.289 e. The van der Waals surface area contributed by atoms with Gasteiger partial charge in [-0.1, -0.05) is 60.7 Å². The van der Waals surface area contributed by atoms with Crippen molar-refractivity contribution >= 4 is 32.3 Å². The zero-order valence-electron chi connectivity index (χ0n) is 12.8. The molecule has 0 spiro atoms. The van der Waals surface area contributed by atoms with Crippen LogP contribution in [-0.2, 0) is 12.8 Å². The number of benzene rings is 3. The van der Waals surface area contributed by atoms with E-state index in [0.29, 0.717) is 0 Å². The van der Waals surface area contributed by atoms with Crippen molar-refractivity contribution in [2.45, 2.75) is 19.3 Å². The van der Waals surface area contributed by atoms with Crippen molar-refractivity contribution in [3.05, 3.63) is 82.0 Å². The third kappa shape index (κ3) is 1.71. The lowest BCUT2D eigenvalue weighted by Crippen LogP contribution is -2.05. The van der Waals surface area contributed by atoms with Crippen LogP contribution in [0.1, 0.15) is 17.5 Å². The van der Waals surface area contributed by atoms with Crippen LogP contribution in [0.3, 0.4) is 0 Å². The van der Waals surface area contributed by atoms with Crippen LogP contribution in [0.15, 0.2) is 65.5 Å². The molecule has 1 nitrogen and oxygen atoms in total. The van der Waals surface area contributed by atoms with Gasteiger partial charge in [0.15, 0.2) is 5.43 Å². The maximum Gasteiger partial charge on any atom is 0.190 e. The second kappa shape index (κ2) is 4.66. The molecule has 4 aromatic carbocycles. The van der Waals surface area contributed by atoms with Crippen molar-refractivity contribution in [1.29, 1.82) is 0 Å². The number of hydrogen-bond donors (Lipinski definition) is 0. The molecule has 0 radical (unpaired) electrons. The average molecular weight is 296 g/mol. The van der Waals surface area contributed by atoms with Gasteiger partial charge in [-0.3, -0.25) is 4.79 Å². The summed E-state index contributed by atoms with van der Waals surface area (Å²) in [5, 5.41) is 6.64. The predicted octanol–water partition coefficient (Wildman–Crippen LogP) is 5.00. The fraction of sp³-hybridized carbons (Fsp3) is 0.136. The molecule has 1 aliphatic carbocycles. The first kappa shape index (κ1) is 12.8. The minimum atomic E-state index is 0.237. The normalized spacial score (nSPS) is 13.7. The van der Waals surface area contributed by atoms with E-state index in [4.69, 9.17) is 0 Å². The van der Waals surface area contributed by atoms with E-state index in [-0.39, 0.29) is 5.43 Å². The van der Waals surface area contributed by atoms with Gasteiger partial charge in [-0.15, -0.1) is 0 Å². The van der Waals surface area contributed by atoms with Crippen LogP contribution in [0.5, 0.6) is 0 Å². The van der Waals surface area contributed by atoms with Gasteiger partial charge < -0.3 is 0 Å². The molecule has 5 rings (SSSR count). The molecule has 1 heteroatoms. The van der Waals surface area contributed by atoms with Crippen molar-refractivity contribution in [1.82, 2.24) is 0 Å². The average Bonchev–Trinajstić information content (AvgIpc) is 3.06. The molecule has 0 unspecified atom stereocenters. The molecule has 23 heavy (non-hydrogen) atoms. The molecule has 0 fully saturated rings. The highest BCUT2D eigenvalue weighted by Gasteiger charge is 2.19. The topological polar surface area (TPSA) is 17.1 Å². The van der Waals surface area contributed by atoms with E-state index in [1.54, 1.807) is 0 Å². The molecule has 0 amide bonds. The highest BCUT2D eigenvalue weighted by molar-refractivity contribution is 6.16. The monoisotopic (exact) mass is 296 g/mol. The van der Waals surface area contributed by atoms with E-state index in [1.165, 1.54) is 16.3 Å². The van der Waals surface area contributed by atoms with Gasteiger partial charge in [0.25, 0.3) is 0 Å². The Hall–Kier alpha value is -2.67. The summed E-state index contributed by atoms with van der Waals surface area (Å²) < 4.78 is 0. The zero-order chi connectivity index (χ0) is 15.4. The third-order valence-corrected chi connectivity index (χ3v) is 5.19. The molecule has 0 aromatic heterocycles. The Kier molecular flexibility index (Phi) is 2.60. The lowest BCUT2D eigenvalue weighted by Gasteiger charge is -2.03. The Bertz CT molecular complexity index is 1160. The SMILES string of the molecule is O=c1c2c(c3ccccc3c3ccc4ccccc4c13)CCC2. The van der Waals surface area contributed by atoms with E-state index in [9.17, 15) is 4.79 Å². The van der Waals surface area contributed by atoms with Gasteiger partial charge in [0, 0.05) is 10.9 Å². The van der Waals surface area contributed by atoms with Crippen LogP contribution in [-0.4, -0.2) is 0 Å². The summed E-state index contributed by atoms with van der Waals surface area (Å²) in [6.45, 7) is 0. The summed E-state index contributed by atoms with van der Waals surface area (Å²) in [5.41, 5.74) is 2.54. The van der Waals surface area contributed by atoms with Crippen molar-refractivity contribution in [3.63, 3.8) is 0 Å². The molecule has 4 aromatic rings. The molecule has 0 bridgehead atoms. The smallest absolute Gasteiger partial charge is 0.190 e. The summed E-state index contributed by atoms with van der Waals surface area (Å²) in [7, 11) is 0. The first-order valence-corrected chi connectivity index (χ1v) is 8.23. The van der Waals surface area contributed by atoms with Crippen LogP contribution in [0.4, 0.5) is 0 Å². The molecule has 0 N–H and O–H groups in total. The van der Waals surface area contributed by atoms with Crippen LogP contribution in [0, 0.1) is 0 Å². The van der Waals surface area contributed by atoms with Gasteiger partial charge >= 0.3 is 0 Å². The van der Waals surface area contributed by atoms with Crippen LogP contribution in [0.2, 0.25) is 0 Å². The van der Waals surface area contributed by atoms with E-state index in [2.05, 4.69) is 48.5 Å². The fourth-order valence-corrected chi connectivity index (χ4v) is 4.16. The number of rotatable bonds is 0. The van der Waals surface area contributed by atoms with Crippen molar-refractivity contribution in [3.8, 4) is 0 Å². The minimum absolute atomic E-state index is 0.237. The highest BCUT2D eigenvalue weighted by atomic mass is 16.1. The van der Waals surface area contributed by atoms with Crippen molar-refractivity contribution in [2.75, 3.05) is 0 Å². The Balaban J connectivity index is 2.21. The van der Waals surface area contributed by atoms with Crippen LogP contribution >= 0.6 is 0 Å². The number of hydrogen-bond acceptors (Lipinski definition) is 1. The minimum Gasteiger partial charge on any atom is -0.289 e. The van der Waals surface area contributed by atoms with E-state index in [1.807, 2.05) is 12.1 Å².